The zero-order chi connectivity index (χ0) is 11.6. The smallest absolute Gasteiger partial charge is 0.283 e. The second-order valence-electron chi connectivity index (χ2n) is 3.55. The normalized spacial score (nSPS) is 41.2. The Kier molecular flexibility index (Phi) is 4.09. The summed E-state index contributed by atoms with van der Waals surface area (Å²) in [4.78, 5) is 10.9. The van der Waals surface area contributed by atoms with Gasteiger partial charge >= 0.3 is 0 Å². The van der Waals surface area contributed by atoms with Gasteiger partial charge in [0.15, 0.2) is 6.29 Å². The van der Waals surface area contributed by atoms with Crippen LogP contribution in [0.25, 0.3) is 0 Å². The number of hydrogen-bond acceptors (Lipinski definition) is 5. The van der Waals surface area contributed by atoms with Crippen molar-refractivity contribution < 1.29 is 24.4 Å². The molecule has 6 nitrogen and oxygen atoms in total. The van der Waals surface area contributed by atoms with E-state index >= 15 is 0 Å². The second-order valence-corrected chi connectivity index (χ2v) is 3.55. The summed E-state index contributed by atoms with van der Waals surface area (Å²) in [5.41, 5.74) is 0. The monoisotopic (exact) mass is 215 g/mol. The van der Waals surface area contributed by atoms with Crippen molar-refractivity contribution in [2.75, 3.05) is 0 Å². The fraction of sp³-hybridized carbons (Fsp3) is 0.875. The quantitative estimate of drug-likeness (QED) is 0.466. The first-order valence-corrected chi connectivity index (χ1v) is 4.61. The van der Waals surface area contributed by atoms with Crippen LogP contribution in [0.4, 0.5) is 0 Å². The van der Waals surface area contributed by atoms with Crippen molar-refractivity contribution in [2.45, 2.75) is 44.5 Å². The number of carbonyl (C=O) groups is 1. The van der Waals surface area contributed by atoms with Crippen molar-refractivity contribution in [1.82, 2.24) is 5.32 Å². The van der Waals surface area contributed by atoms with Gasteiger partial charge in [0, 0.05) is 6.92 Å². The topological polar surface area (TPSA) is 88.0 Å². The molecular formula is C8H14BNO5. The van der Waals surface area contributed by atoms with Gasteiger partial charge in [0.1, 0.15) is 12.1 Å². The Balaban J connectivity index is 2.76. The van der Waals surface area contributed by atoms with Crippen molar-refractivity contribution in [3.63, 3.8) is 0 Å². The third-order valence-corrected chi connectivity index (χ3v) is 2.36. The van der Waals surface area contributed by atoms with Crippen LogP contribution in [0.3, 0.4) is 0 Å². The summed E-state index contributed by atoms with van der Waals surface area (Å²) in [5, 5.41) is 21.6. The van der Waals surface area contributed by atoms with E-state index in [1.807, 2.05) is 0 Å². The highest BCUT2D eigenvalue weighted by Crippen LogP contribution is 2.21. The first-order chi connectivity index (χ1) is 6.97. The van der Waals surface area contributed by atoms with E-state index in [1.165, 1.54) is 6.92 Å². The Morgan fingerprint density at radius 1 is 1.53 bits per heavy atom. The minimum atomic E-state index is -1.25. The van der Waals surface area contributed by atoms with Crippen LogP contribution in [0.5, 0.6) is 0 Å². The SMILES string of the molecule is [B]O[C@H]1[C@@H](O)[C@@H](C)O[C@H](O)[C@@H]1NC(C)=O. The van der Waals surface area contributed by atoms with Gasteiger partial charge in [0.25, 0.3) is 8.05 Å². The molecule has 3 N–H and O–H groups in total. The summed E-state index contributed by atoms with van der Waals surface area (Å²) in [6.07, 6.45) is -3.76. The van der Waals surface area contributed by atoms with Crippen LogP contribution in [0, 0.1) is 0 Å². The highest BCUT2D eigenvalue weighted by atomic mass is 16.6. The van der Waals surface area contributed by atoms with E-state index in [2.05, 4.69) is 9.97 Å². The predicted octanol–water partition coefficient (Wildman–Crippen LogP) is -1.94. The molecule has 1 heterocycles. The van der Waals surface area contributed by atoms with Crippen molar-refractivity contribution in [3.8, 4) is 0 Å². The largest absolute Gasteiger partial charge is 0.440 e. The van der Waals surface area contributed by atoms with Crippen LogP contribution in [-0.4, -0.2) is 54.8 Å². The molecule has 0 bridgehead atoms. The summed E-state index contributed by atoms with van der Waals surface area (Å²) in [6.45, 7) is 2.86. The van der Waals surface area contributed by atoms with Gasteiger partial charge in [-0.05, 0) is 6.92 Å². The zero-order valence-electron chi connectivity index (χ0n) is 8.58. The summed E-state index contributed by atoms with van der Waals surface area (Å²) in [5.74, 6) is -0.369. The molecule has 5 atom stereocenters. The highest BCUT2D eigenvalue weighted by Gasteiger charge is 2.43. The number of nitrogens with one attached hydrogen (secondary N) is 1. The molecule has 2 radical (unpaired) electrons. The van der Waals surface area contributed by atoms with Crippen LogP contribution in [0.2, 0.25) is 0 Å². The van der Waals surface area contributed by atoms with E-state index in [0.717, 1.165) is 0 Å². The van der Waals surface area contributed by atoms with E-state index in [4.69, 9.17) is 12.8 Å². The summed E-state index contributed by atoms with van der Waals surface area (Å²) in [6, 6.07) is -0.876. The van der Waals surface area contributed by atoms with E-state index in [0.29, 0.717) is 0 Å². The Hall–Kier alpha value is -0.625. The standard InChI is InChI=1S/C8H14BNO5/c1-3-6(12)7(15-9)5(8(13)14-3)10-4(2)11/h3,5-8,12-13H,1-2H3,(H,10,11)/t3-,5-,6+,7-,8+/m1/s1. The van der Waals surface area contributed by atoms with Crippen LogP contribution in [0.1, 0.15) is 13.8 Å². The summed E-state index contributed by atoms with van der Waals surface area (Å²) in [7, 11) is 5.01. The molecule has 1 rings (SSSR count). The number of hydrogen-bond donors (Lipinski definition) is 3. The molecule has 1 amide bonds. The minimum Gasteiger partial charge on any atom is -0.440 e. The average Bonchev–Trinajstić information content (AvgIpc) is 2.14. The van der Waals surface area contributed by atoms with E-state index in [9.17, 15) is 15.0 Å². The summed E-state index contributed by atoms with van der Waals surface area (Å²) >= 11 is 0. The van der Waals surface area contributed by atoms with Gasteiger partial charge in [-0.25, -0.2) is 0 Å². The molecule has 0 aromatic rings. The van der Waals surface area contributed by atoms with Gasteiger partial charge in [0.05, 0.1) is 12.2 Å². The molecule has 1 aliphatic heterocycles. The number of rotatable bonds is 2. The third kappa shape index (κ3) is 2.69. The lowest BCUT2D eigenvalue weighted by molar-refractivity contribution is -0.237. The number of aliphatic hydroxyl groups excluding tert-OH is 2. The zero-order valence-corrected chi connectivity index (χ0v) is 8.58. The van der Waals surface area contributed by atoms with Crippen LogP contribution in [-0.2, 0) is 14.2 Å². The van der Waals surface area contributed by atoms with Gasteiger partial charge in [-0.3, -0.25) is 4.79 Å². The lowest BCUT2D eigenvalue weighted by Crippen LogP contribution is -2.63. The maximum absolute atomic E-state index is 10.9. The second kappa shape index (κ2) is 4.93. The molecule has 1 saturated heterocycles. The van der Waals surface area contributed by atoms with Gasteiger partial charge < -0.3 is 24.9 Å². The van der Waals surface area contributed by atoms with Crippen molar-refractivity contribution in [1.29, 1.82) is 0 Å². The molecule has 0 aromatic heterocycles. The number of aliphatic hydroxyl groups is 2. The maximum atomic E-state index is 10.9. The van der Waals surface area contributed by atoms with Gasteiger partial charge in [-0.2, -0.15) is 0 Å². The van der Waals surface area contributed by atoms with Crippen LogP contribution >= 0.6 is 0 Å². The lowest BCUT2D eigenvalue weighted by Gasteiger charge is -2.41. The molecule has 1 aliphatic rings. The van der Waals surface area contributed by atoms with Gasteiger partial charge in [-0.15, -0.1) is 0 Å². The lowest BCUT2D eigenvalue weighted by atomic mass is 9.97. The Morgan fingerprint density at radius 3 is 2.60 bits per heavy atom. The van der Waals surface area contributed by atoms with E-state index in [1.54, 1.807) is 6.92 Å². The molecule has 1 fully saturated rings. The fourth-order valence-electron chi connectivity index (χ4n) is 1.58. The Bertz CT molecular complexity index is 239. The Morgan fingerprint density at radius 2 is 2.13 bits per heavy atom. The first-order valence-electron chi connectivity index (χ1n) is 4.61. The maximum Gasteiger partial charge on any atom is 0.283 e. The number of carbonyl (C=O) groups excluding carboxylic acids is 1. The van der Waals surface area contributed by atoms with Gasteiger partial charge in [-0.1, -0.05) is 0 Å². The van der Waals surface area contributed by atoms with Crippen molar-refractivity contribution in [3.05, 3.63) is 0 Å². The molecule has 0 unspecified atom stereocenters. The third-order valence-electron chi connectivity index (χ3n) is 2.36. The molecule has 7 heteroatoms. The van der Waals surface area contributed by atoms with E-state index in [-0.39, 0.29) is 5.91 Å². The molecular weight excluding hydrogens is 201 g/mol. The van der Waals surface area contributed by atoms with Crippen LogP contribution in [0.15, 0.2) is 0 Å². The fourth-order valence-corrected chi connectivity index (χ4v) is 1.58. The average molecular weight is 215 g/mol. The molecule has 0 spiro atoms. The molecule has 0 saturated carbocycles. The molecule has 0 aromatic carbocycles. The minimum absolute atomic E-state index is 0.369. The predicted molar refractivity (Wildman–Crippen MR) is 50.8 cm³/mol. The molecule has 84 valence electrons. The van der Waals surface area contributed by atoms with Gasteiger partial charge in [0.2, 0.25) is 5.91 Å². The summed E-state index contributed by atoms with van der Waals surface area (Å²) < 4.78 is 9.55. The molecule has 15 heavy (non-hydrogen) atoms. The van der Waals surface area contributed by atoms with Crippen molar-refractivity contribution >= 4 is 14.0 Å². The first kappa shape index (κ1) is 12.4. The van der Waals surface area contributed by atoms with Crippen LogP contribution < -0.4 is 5.32 Å². The Labute approximate surface area is 89.0 Å². The molecule has 0 aliphatic carbocycles. The highest BCUT2D eigenvalue weighted by molar-refractivity contribution is 5.98. The number of amides is 1. The van der Waals surface area contributed by atoms with Crippen molar-refractivity contribution in [2.24, 2.45) is 0 Å². The number of ether oxygens (including phenoxy) is 1. The van der Waals surface area contributed by atoms with E-state index < -0.39 is 30.6 Å².